The van der Waals surface area contributed by atoms with E-state index >= 15 is 0 Å². The molecule has 0 radical (unpaired) electrons. The molecule has 2 heterocycles. The molecule has 5 nitrogen and oxygen atoms in total. The van der Waals surface area contributed by atoms with Gasteiger partial charge in [-0.3, -0.25) is 9.69 Å². The number of thioether (sulfide) groups is 1. The largest absolute Gasteiger partial charge is 0.379 e. The molecule has 3 fully saturated rings. The summed E-state index contributed by atoms with van der Waals surface area (Å²) in [5, 5.41) is 6.72. The molecular formula is C17H31N3O2S. The third kappa shape index (κ3) is 4.84. The summed E-state index contributed by atoms with van der Waals surface area (Å²) in [5.41, 5.74) is 0.173. The van der Waals surface area contributed by atoms with E-state index in [0.29, 0.717) is 12.5 Å². The summed E-state index contributed by atoms with van der Waals surface area (Å²) in [6.45, 7) is 5.53. The van der Waals surface area contributed by atoms with Crippen molar-refractivity contribution in [3.63, 3.8) is 0 Å². The maximum absolute atomic E-state index is 12.4. The van der Waals surface area contributed by atoms with Crippen molar-refractivity contribution in [1.82, 2.24) is 15.5 Å². The SMILES string of the molecule is O=C(CC1CSCCN1)NCC1(N2CCOCC2)CCCCC1. The van der Waals surface area contributed by atoms with Crippen molar-refractivity contribution >= 4 is 17.7 Å². The van der Waals surface area contributed by atoms with Crippen LogP contribution in [0.15, 0.2) is 0 Å². The van der Waals surface area contributed by atoms with E-state index in [4.69, 9.17) is 4.74 Å². The van der Waals surface area contributed by atoms with Crippen molar-refractivity contribution in [3.8, 4) is 0 Å². The molecule has 1 unspecified atom stereocenters. The van der Waals surface area contributed by atoms with Crippen molar-refractivity contribution in [1.29, 1.82) is 0 Å². The first-order chi connectivity index (χ1) is 11.3. The Morgan fingerprint density at radius 1 is 1.26 bits per heavy atom. The van der Waals surface area contributed by atoms with E-state index in [1.807, 2.05) is 11.8 Å². The van der Waals surface area contributed by atoms with Crippen LogP contribution in [0.2, 0.25) is 0 Å². The van der Waals surface area contributed by atoms with E-state index < -0.39 is 0 Å². The quantitative estimate of drug-likeness (QED) is 0.788. The molecule has 0 spiro atoms. The minimum Gasteiger partial charge on any atom is -0.379 e. The van der Waals surface area contributed by atoms with Crippen LogP contribution in [-0.2, 0) is 9.53 Å². The fourth-order valence-electron chi connectivity index (χ4n) is 4.16. The van der Waals surface area contributed by atoms with Gasteiger partial charge in [-0.05, 0) is 12.8 Å². The first-order valence-corrected chi connectivity index (χ1v) is 10.3. The summed E-state index contributed by atoms with van der Waals surface area (Å²) in [6.07, 6.45) is 6.95. The zero-order valence-corrected chi connectivity index (χ0v) is 15.0. The molecule has 3 aliphatic rings. The van der Waals surface area contributed by atoms with Crippen LogP contribution in [-0.4, -0.2) is 73.3 Å². The van der Waals surface area contributed by atoms with Gasteiger partial charge < -0.3 is 15.4 Å². The molecule has 23 heavy (non-hydrogen) atoms. The Morgan fingerprint density at radius 2 is 2.04 bits per heavy atom. The summed E-state index contributed by atoms with van der Waals surface area (Å²) in [6, 6.07) is 0.347. The Labute approximate surface area is 144 Å². The second kappa shape index (κ2) is 8.70. The molecule has 3 rings (SSSR count). The minimum absolute atomic E-state index is 0.173. The fraction of sp³-hybridized carbons (Fsp3) is 0.941. The summed E-state index contributed by atoms with van der Waals surface area (Å²) < 4.78 is 5.52. The van der Waals surface area contributed by atoms with Crippen LogP contribution >= 0.6 is 11.8 Å². The Morgan fingerprint density at radius 3 is 2.74 bits per heavy atom. The first-order valence-electron chi connectivity index (χ1n) is 9.19. The number of morpholine rings is 1. The molecule has 2 saturated heterocycles. The average Bonchev–Trinajstić information content (AvgIpc) is 2.62. The first kappa shape index (κ1) is 17.5. The van der Waals surface area contributed by atoms with Gasteiger partial charge in [-0.1, -0.05) is 19.3 Å². The van der Waals surface area contributed by atoms with Crippen LogP contribution in [0, 0.1) is 0 Å². The molecule has 132 valence electrons. The van der Waals surface area contributed by atoms with E-state index in [1.54, 1.807) is 0 Å². The molecule has 0 bridgehead atoms. The molecule has 6 heteroatoms. The van der Waals surface area contributed by atoms with Crippen molar-refractivity contribution < 1.29 is 9.53 Å². The number of amides is 1. The van der Waals surface area contributed by atoms with Crippen LogP contribution in [0.4, 0.5) is 0 Å². The van der Waals surface area contributed by atoms with Crippen molar-refractivity contribution in [3.05, 3.63) is 0 Å². The van der Waals surface area contributed by atoms with E-state index in [9.17, 15) is 4.79 Å². The highest BCUT2D eigenvalue weighted by Crippen LogP contribution is 2.33. The van der Waals surface area contributed by atoms with Crippen molar-refractivity contribution in [2.45, 2.75) is 50.1 Å². The summed E-state index contributed by atoms with van der Waals surface area (Å²) in [4.78, 5) is 15.0. The number of nitrogens with one attached hydrogen (secondary N) is 2. The standard InChI is InChI=1S/C17H31N3O2S/c21-16(12-15-13-23-11-6-18-15)19-14-17(4-2-1-3-5-17)20-7-9-22-10-8-20/h15,18H,1-14H2,(H,19,21). The minimum atomic E-state index is 0.173. The normalized spacial score (nSPS) is 29.1. The molecule has 0 aromatic heterocycles. The summed E-state index contributed by atoms with van der Waals surface area (Å²) in [5.74, 6) is 2.43. The highest BCUT2D eigenvalue weighted by molar-refractivity contribution is 7.99. The number of hydrogen-bond acceptors (Lipinski definition) is 5. The second-order valence-corrected chi connectivity index (χ2v) is 8.24. The van der Waals surface area contributed by atoms with E-state index in [-0.39, 0.29) is 11.4 Å². The van der Waals surface area contributed by atoms with Gasteiger partial charge >= 0.3 is 0 Å². The lowest BCUT2D eigenvalue weighted by atomic mass is 9.79. The molecule has 1 saturated carbocycles. The molecule has 0 aromatic rings. The average molecular weight is 342 g/mol. The third-order valence-electron chi connectivity index (χ3n) is 5.51. The molecular weight excluding hydrogens is 310 g/mol. The molecule has 1 atom stereocenters. The van der Waals surface area contributed by atoms with Crippen LogP contribution in [0.5, 0.6) is 0 Å². The number of hydrogen-bond donors (Lipinski definition) is 2. The Balaban J connectivity index is 1.52. The molecule has 2 aliphatic heterocycles. The van der Waals surface area contributed by atoms with Crippen LogP contribution in [0.25, 0.3) is 0 Å². The predicted octanol–water partition coefficient (Wildman–Crippen LogP) is 1.23. The zero-order valence-electron chi connectivity index (χ0n) is 14.1. The second-order valence-electron chi connectivity index (χ2n) is 7.09. The van der Waals surface area contributed by atoms with Gasteiger partial charge in [0.25, 0.3) is 0 Å². The number of rotatable bonds is 5. The van der Waals surface area contributed by atoms with E-state index in [2.05, 4.69) is 15.5 Å². The van der Waals surface area contributed by atoms with Crippen molar-refractivity contribution in [2.24, 2.45) is 0 Å². The Kier molecular flexibility index (Phi) is 6.62. The van der Waals surface area contributed by atoms with Gasteiger partial charge in [-0.15, -0.1) is 0 Å². The predicted molar refractivity (Wildman–Crippen MR) is 95.0 cm³/mol. The van der Waals surface area contributed by atoms with Crippen LogP contribution in [0.1, 0.15) is 38.5 Å². The van der Waals surface area contributed by atoms with Gasteiger partial charge in [0.2, 0.25) is 5.91 Å². The lowest BCUT2D eigenvalue weighted by Crippen LogP contribution is -2.60. The number of ether oxygens (including phenoxy) is 1. The zero-order chi connectivity index (χ0) is 16.0. The lowest BCUT2D eigenvalue weighted by molar-refractivity contribution is -0.122. The van der Waals surface area contributed by atoms with E-state index in [0.717, 1.165) is 50.9 Å². The number of nitrogens with zero attached hydrogens (tertiary/aromatic N) is 1. The van der Waals surface area contributed by atoms with Crippen molar-refractivity contribution in [2.75, 3.05) is 50.9 Å². The van der Waals surface area contributed by atoms with Crippen LogP contribution in [0.3, 0.4) is 0 Å². The summed E-state index contributed by atoms with van der Waals surface area (Å²) >= 11 is 1.95. The molecule has 0 aromatic carbocycles. The maximum Gasteiger partial charge on any atom is 0.221 e. The highest BCUT2D eigenvalue weighted by Gasteiger charge is 2.38. The van der Waals surface area contributed by atoms with Gasteiger partial charge in [0.1, 0.15) is 0 Å². The van der Waals surface area contributed by atoms with Crippen LogP contribution < -0.4 is 10.6 Å². The number of carbonyl (C=O) groups excluding carboxylic acids is 1. The lowest BCUT2D eigenvalue weighted by Gasteiger charge is -2.48. The topological polar surface area (TPSA) is 53.6 Å². The van der Waals surface area contributed by atoms with Gasteiger partial charge in [0.05, 0.1) is 13.2 Å². The van der Waals surface area contributed by atoms with Gasteiger partial charge in [-0.25, -0.2) is 0 Å². The van der Waals surface area contributed by atoms with E-state index in [1.165, 1.54) is 32.1 Å². The van der Waals surface area contributed by atoms with Gasteiger partial charge in [0.15, 0.2) is 0 Å². The maximum atomic E-state index is 12.4. The smallest absolute Gasteiger partial charge is 0.221 e. The monoisotopic (exact) mass is 341 g/mol. The van der Waals surface area contributed by atoms with Gasteiger partial charge in [-0.2, -0.15) is 11.8 Å². The highest BCUT2D eigenvalue weighted by atomic mass is 32.2. The third-order valence-corrected chi connectivity index (χ3v) is 6.64. The molecule has 1 amide bonds. The van der Waals surface area contributed by atoms with Gasteiger partial charge in [0, 0.05) is 55.7 Å². The summed E-state index contributed by atoms with van der Waals surface area (Å²) in [7, 11) is 0. The number of carbonyl (C=O) groups is 1. The molecule has 2 N–H and O–H groups in total. The Bertz CT molecular complexity index is 376. The molecule has 1 aliphatic carbocycles. The fourth-order valence-corrected chi connectivity index (χ4v) is 5.11. The Hall–Kier alpha value is -0.300.